The number of carbonyl (C=O) groups is 1. The van der Waals surface area contributed by atoms with Crippen LogP contribution in [0.25, 0.3) is 0 Å². The molecule has 1 amide bonds. The fourth-order valence-electron chi connectivity index (χ4n) is 4.29. The molecular weight excluding hydrogens is 353 g/mol. The minimum atomic E-state index is -0.453. The Kier molecular flexibility index (Phi) is 5.28. The van der Waals surface area contributed by atoms with Gasteiger partial charge < -0.3 is 10.2 Å². The van der Waals surface area contributed by atoms with Crippen LogP contribution in [0.5, 0.6) is 0 Å². The third kappa shape index (κ3) is 4.36. The molecule has 6 heteroatoms. The van der Waals surface area contributed by atoms with Crippen LogP contribution in [-0.4, -0.2) is 30.4 Å². The SMILES string of the molecule is CC(C)(C#N)CN1CC2(CCC(C(=O)Nc3cc(F)cc(Cl)c3)CC2)C1. The molecule has 2 fully saturated rings. The molecule has 1 aromatic rings. The van der Waals surface area contributed by atoms with Crippen molar-refractivity contribution < 1.29 is 9.18 Å². The molecule has 0 atom stereocenters. The van der Waals surface area contributed by atoms with Crippen LogP contribution in [-0.2, 0) is 4.79 Å². The Hall–Kier alpha value is -1.64. The second kappa shape index (κ2) is 7.17. The van der Waals surface area contributed by atoms with Gasteiger partial charge in [0.15, 0.2) is 0 Å². The van der Waals surface area contributed by atoms with Crippen molar-refractivity contribution in [2.45, 2.75) is 39.5 Å². The largest absolute Gasteiger partial charge is 0.326 e. The first-order chi connectivity index (χ1) is 12.2. The van der Waals surface area contributed by atoms with Crippen molar-refractivity contribution in [1.82, 2.24) is 4.90 Å². The van der Waals surface area contributed by atoms with Gasteiger partial charge in [-0.1, -0.05) is 11.6 Å². The molecule has 0 aromatic heterocycles. The van der Waals surface area contributed by atoms with Gasteiger partial charge in [0.2, 0.25) is 5.91 Å². The molecule has 1 saturated heterocycles. The number of nitrogens with zero attached hydrogens (tertiary/aromatic N) is 2. The lowest BCUT2D eigenvalue weighted by Crippen LogP contribution is -2.59. The van der Waals surface area contributed by atoms with Crippen LogP contribution in [0.2, 0.25) is 5.02 Å². The van der Waals surface area contributed by atoms with Gasteiger partial charge >= 0.3 is 0 Å². The molecule has 4 nitrogen and oxygen atoms in total. The van der Waals surface area contributed by atoms with E-state index in [0.29, 0.717) is 11.1 Å². The van der Waals surface area contributed by atoms with Crippen molar-refractivity contribution in [3.63, 3.8) is 0 Å². The first kappa shape index (κ1) is 19.1. The van der Waals surface area contributed by atoms with Crippen LogP contribution < -0.4 is 5.32 Å². The van der Waals surface area contributed by atoms with Gasteiger partial charge in [0.1, 0.15) is 5.82 Å². The van der Waals surface area contributed by atoms with Gasteiger partial charge in [0.25, 0.3) is 0 Å². The van der Waals surface area contributed by atoms with Crippen molar-refractivity contribution >= 4 is 23.2 Å². The molecule has 1 aromatic carbocycles. The summed E-state index contributed by atoms with van der Waals surface area (Å²) in [5.74, 6) is -0.541. The maximum atomic E-state index is 13.4. The minimum Gasteiger partial charge on any atom is -0.326 e. The van der Waals surface area contributed by atoms with E-state index in [0.717, 1.165) is 45.3 Å². The van der Waals surface area contributed by atoms with Crippen LogP contribution in [0.3, 0.4) is 0 Å². The highest BCUT2D eigenvalue weighted by atomic mass is 35.5. The van der Waals surface area contributed by atoms with Gasteiger partial charge in [-0.2, -0.15) is 5.26 Å². The molecule has 26 heavy (non-hydrogen) atoms. The highest BCUT2D eigenvalue weighted by molar-refractivity contribution is 6.30. The average molecular weight is 378 g/mol. The van der Waals surface area contributed by atoms with E-state index in [-0.39, 0.29) is 22.3 Å². The summed E-state index contributed by atoms with van der Waals surface area (Å²) in [5.41, 5.74) is 0.406. The standard InChI is InChI=1S/C20H25ClFN3O/c1-19(2,10-23)11-25-12-20(13-25)5-3-14(4-6-20)18(26)24-17-8-15(21)7-16(22)9-17/h7-9,14H,3-6,11-13H2,1-2H3,(H,24,26). The molecule has 0 bridgehead atoms. The van der Waals surface area contributed by atoms with E-state index in [1.165, 1.54) is 12.1 Å². The fourth-order valence-corrected chi connectivity index (χ4v) is 4.51. The predicted octanol–water partition coefficient (Wildman–Crippen LogP) is 4.46. The van der Waals surface area contributed by atoms with Crippen molar-refractivity contribution in [2.75, 3.05) is 25.0 Å². The molecule has 140 valence electrons. The zero-order chi connectivity index (χ0) is 18.9. The van der Waals surface area contributed by atoms with Crippen molar-refractivity contribution in [1.29, 1.82) is 5.26 Å². The lowest BCUT2D eigenvalue weighted by Gasteiger charge is -2.54. The van der Waals surface area contributed by atoms with Crippen molar-refractivity contribution in [2.24, 2.45) is 16.7 Å². The Morgan fingerprint density at radius 1 is 1.38 bits per heavy atom. The number of carbonyl (C=O) groups excluding carboxylic acids is 1. The van der Waals surface area contributed by atoms with Gasteiger partial charge in [-0.25, -0.2) is 4.39 Å². The van der Waals surface area contributed by atoms with Crippen LogP contribution >= 0.6 is 11.6 Å². The second-order valence-corrected chi connectivity index (χ2v) is 9.00. The lowest BCUT2D eigenvalue weighted by atomic mass is 9.65. The summed E-state index contributed by atoms with van der Waals surface area (Å²) in [7, 11) is 0. The number of likely N-dealkylation sites (tertiary alicyclic amines) is 1. The predicted molar refractivity (Wildman–Crippen MR) is 100 cm³/mol. The summed E-state index contributed by atoms with van der Waals surface area (Å²) < 4.78 is 13.4. The lowest BCUT2D eigenvalue weighted by molar-refractivity contribution is -0.123. The van der Waals surface area contributed by atoms with Gasteiger partial charge in [-0.05, 0) is 63.1 Å². The van der Waals surface area contributed by atoms with Crippen molar-refractivity contribution in [3.8, 4) is 6.07 Å². The number of halogens is 2. The first-order valence-electron chi connectivity index (χ1n) is 9.11. The molecule has 1 N–H and O–H groups in total. The molecule has 1 aliphatic carbocycles. The maximum Gasteiger partial charge on any atom is 0.227 e. The number of nitriles is 1. The van der Waals surface area contributed by atoms with Gasteiger partial charge in [0, 0.05) is 36.3 Å². The van der Waals surface area contributed by atoms with Crippen LogP contribution in [0.4, 0.5) is 10.1 Å². The Bertz CT molecular complexity index is 707. The number of hydrogen-bond acceptors (Lipinski definition) is 3. The Labute approximate surface area is 159 Å². The average Bonchev–Trinajstić information content (AvgIpc) is 2.52. The third-order valence-corrected chi connectivity index (χ3v) is 5.80. The molecule has 0 radical (unpaired) electrons. The molecule has 2 aliphatic rings. The second-order valence-electron chi connectivity index (χ2n) is 8.56. The quantitative estimate of drug-likeness (QED) is 0.842. The number of benzene rings is 1. The summed E-state index contributed by atoms with van der Waals surface area (Å²) in [6.45, 7) is 6.78. The fraction of sp³-hybridized carbons (Fsp3) is 0.600. The van der Waals surface area contributed by atoms with Gasteiger partial charge in [0.05, 0.1) is 11.5 Å². The van der Waals surface area contributed by atoms with Crippen molar-refractivity contribution in [3.05, 3.63) is 29.0 Å². The normalized spacial score (nSPS) is 20.4. The van der Waals surface area contributed by atoms with E-state index in [2.05, 4.69) is 16.3 Å². The Balaban J connectivity index is 1.48. The summed E-state index contributed by atoms with van der Waals surface area (Å²) in [6, 6.07) is 6.42. The maximum absolute atomic E-state index is 13.4. The molecule has 1 heterocycles. The van der Waals surface area contributed by atoms with Gasteiger partial charge in [-0.15, -0.1) is 0 Å². The molecule has 1 spiro atoms. The number of amides is 1. The number of rotatable bonds is 4. The molecule has 1 saturated carbocycles. The van der Waals surface area contributed by atoms with Crippen LogP contribution in [0.1, 0.15) is 39.5 Å². The highest BCUT2D eigenvalue weighted by Crippen LogP contribution is 2.46. The Morgan fingerprint density at radius 2 is 2.04 bits per heavy atom. The van der Waals surface area contributed by atoms with E-state index in [4.69, 9.17) is 16.9 Å². The summed E-state index contributed by atoms with van der Waals surface area (Å²) >= 11 is 5.84. The third-order valence-electron chi connectivity index (χ3n) is 5.59. The number of anilines is 1. The molecular formula is C20H25ClFN3O. The first-order valence-corrected chi connectivity index (χ1v) is 9.49. The molecule has 1 aliphatic heterocycles. The monoisotopic (exact) mass is 377 g/mol. The highest BCUT2D eigenvalue weighted by Gasteiger charge is 2.46. The summed E-state index contributed by atoms with van der Waals surface area (Å²) in [6.07, 6.45) is 3.76. The van der Waals surface area contributed by atoms with E-state index in [1.54, 1.807) is 6.07 Å². The minimum absolute atomic E-state index is 0.0349. The Morgan fingerprint density at radius 3 is 2.62 bits per heavy atom. The number of hydrogen-bond donors (Lipinski definition) is 1. The van der Waals surface area contributed by atoms with E-state index >= 15 is 0 Å². The molecule has 3 rings (SSSR count). The van der Waals surface area contributed by atoms with E-state index in [9.17, 15) is 9.18 Å². The zero-order valence-corrected chi connectivity index (χ0v) is 16.1. The van der Waals surface area contributed by atoms with Gasteiger partial charge in [-0.3, -0.25) is 4.79 Å². The smallest absolute Gasteiger partial charge is 0.227 e. The topological polar surface area (TPSA) is 56.1 Å². The zero-order valence-electron chi connectivity index (χ0n) is 15.3. The summed E-state index contributed by atoms with van der Waals surface area (Å²) in [5, 5.41) is 12.2. The van der Waals surface area contributed by atoms with E-state index in [1.807, 2.05) is 13.8 Å². The molecule has 0 unspecified atom stereocenters. The number of nitrogens with one attached hydrogen (secondary N) is 1. The van der Waals surface area contributed by atoms with Crippen LogP contribution in [0, 0.1) is 33.9 Å². The van der Waals surface area contributed by atoms with E-state index < -0.39 is 5.82 Å². The summed E-state index contributed by atoms with van der Waals surface area (Å²) in [4.78, 5) is 14.8. The van der Waals surface area contributed by atoms with Crippen LogP contribution in [0.15, 0.2) is 18.2 Å².